The van der Waals surface area contributed by atoms with Crippen LogP contribution >= 0.6 is 15.9 Å². The first kappa shape index (κ1) is 16.7. The molecule has 110 valence electrons. The Balaban J connectivity index is 3.35. The molecule has 0 aliphatic rings. The third-order valence-corrected chi connectivity index (χ3v) is 3.09. The Morgan fingerprint density at radius 1 is 1.30 bits per heavy atom. The highest BCUT2D eigenvalue weighted by Crippen LogP contribution is 2.35. The number of benzene rings is 1. The van der Waals surface area contributed by atoms with Crippen molar-refractivity contribution in [3.05, 3.63) is 34.9 Å². The maximum absolute atomic E-state index is 13.1. The van der Waals surface area contributed by atoms with E-state index in [4.69, 9.17) is 0 Å². The molecule has 0 N–H and O–H groups in total. The quantitative estimate of drug-likeness (QED) is 0.602. The summed E-state index contributed by atoms with van der Waals surface area (Å²) in [6.45, 7) is 1.48. The summed E-state index contributed by atoms with van der Waals surface area (Å²) >= 11 is 2.90. The van der Waals surface area contributed by atoms with Crippen LogP contribution < -0.4 is 0 Å². The first-order valence-electron chi connectivity index (χ1n) is 5.75. The van der Waals surface area contributed by atoms with Crippen molar-refractivity contribution in [3.8, 4) is 0 Å². The molecule has 1 aromatic carbocycles. The van der Waals surface area contributed by atoms with Gasteiger partial charge < -0.3 is 4.74 Å². The summed E-state index contributed by atoms with van der Waals surface area (Å²) in [4.78, 5) is 22.9. The van der Waals surface area contributed by atoms with Gasteiger partial charge >= 0.3 is 12.1 Å². The Kier molecular flexibility index (Phi) is 5.74. The van der Waals surface area contributed by atoms with Gasteiger partial charge in [-0.15, -0.1) is 0 Å². The van der Waals surface area contributed by atoms with Crippen LogP contribution in [0.2, 0.25) is 0 Å². The second-order valence-corrected chi connectivity index (χ2v) is 4.47. The van der Waals surface area contributed by atoms with Crippen LogP contribution in [0.3, 0.4) is 0 Å². The Morgan fingerprint density at radius 2 is 1.95 bits per heavy atom. The number of alkyl halides is 4. The van der Waals surface area contributed by atoms with Crippen molar-refractivity contribution in [2.45, 2.75) is 19.5 Å². The van der Waals surface area contributed by atoms with Gasteiger partial charge in [-0.25, -0.2) is 4.79 Å². The minimum absolute atomic E-state index is 0.0271. The van der Waals surface area contributed by atoms with E-state index in [1.54, 1.807) is 0 Å². The van der Waals surface area contributed by atoms with Gasteiger partial charge in [-0.05, 0) is 18.6 Å². The minimum atomic E-state index is -4.73. The fourth-order valence-corrected chi connectivity index (χ4v) is 1.92. The van der Waals surface area contributed by atoms with Crippen molar-refractivity contribution < 1.29 is 27.5 Å². The Bertz CT molecular complexity index is 512. The van der Waals surface area contributed by atoms with Gasteiger partial charge in [-0.3, -0.25) is 4.79 Å². The molecule has 0 amide bonds. The highest BCUT2D eigenvalue weighted by atomic mass is 79.9. The fourth-order valence-electron chi connectivity index (χ4n) is 1.72. The zero-order chi connectivity index (χ0) is 15.3. The molecule has 0 radical (unpaired) electrons. The van der Waals surface area contributed by atoms with Gasteiger partial charge in [0, 0.05) is 6.42 Å². The number of hydrogen-bond donors (Lipinski definition) is 0. The normalized spacial score (nSPS) is 11.2. The lowest BCUT2D eigenvalue weighted by Gasteiger charge is -2.16. The average Bonchev–Trinajstić information content (AvgIpc) is 2.37. The smallest absolute Gasteiger partial charge is 0.417 e. The molecule has 0 spiro atoms. The number of hydrogen-bond acceptors (Lipinski definition) is 3. The summed E-state index contributed by atoms with van der Waals surface area (Å²) < 4.78 is 44.0. The standard InChI is InChI=1S/C13H12BrF3O3/c1-2-20-12(19)10-5-3-4-8(6-9(18)7-14)11(10)13(15,16)17/h3-5H,2,6-7H2,1H3. The van der Waals surface area contributed by atoms with E-state index in [1.165, 1.54) is 19.1 Å². The van der Waals surface area contributed by atoms with Gasteiger partial charge in [-0.2, -0.15) is 13.2 Å². The number of Topliss-reactive ketones (excluding diaryl/α,β-unsaturated/α-hetero) is 1. The van der Waals surface area contributed by atoms with Crippen LogP contribution in [0.15, 0.2) is 18.2 Å². The maximum atomic E-state index is 13.1. The predicted octanol–water partition coefficient (Wildman–Crippen LogP) is 3.39. The summed E-state index contributed by atoms with van der Waals surface area (Å²) in [5.41, 5.74) is -1.90. The molecule has 0 fully saturated rings. The molecule has 20 heavy (non-hydrogen) atoms. The summed E-state index contributed by atoms with van der Waals surface area (Å²) in [6, 6.07) is 3.54. The lowest BCUT2D eigenvalue weighted by molar-refractivity contribution is -0.138. The summed E-state index contributed by atoms with van der Waals surface area (Å²) in [6.07, 6.45) is -5.13. The molecule has 0 atom stereocenters. The Labute approximate surface area is 122 Å². The van der Waals surface area contributed by atoms with E-state index in [0.29, 0.717) is 0 Å². The van der Waals surface area contributed by atoms with Crippen molar-refractivity contribution in [1.82, 2.24) is 0 Å². The average molecular weight is 353 g/mol. The zero-order valence-electron chi connectivity index (χ0n) is 10.6. The lowest BCUT2D eigenvalue weighted by atomic mass is 9.97. The molecule has 0 saturated carbocycles. The second-order valence-electron chi connectivity index (χ2n) is 3.91. The van der Waals surface area contributed by atoms with Crippen LogP contribution in [0.4, 0.5) is 13.2 Å². The molecule has 0 saturated heterocycles. The molecule has 0 aliphatic carbocycles. The van der Waals surface area contributed by atoms with Crippen molar-refractivity contribution in [1.29, 1.82) is 0 Å². The third kappa shape index (κ3) is 4.06. The highest BCUT2D eigenvalue weighted by Gasteiger charge is 2.38. The number of ether oxygens (including phenoxy) is 1. The van der Waals surface area contributed by atoms with Crippen LogP contribution in [0.25, 0.3) is 0 Å². The van der Waals surface area contributed by atoms with Crippen LogP contribution in [0.5, 0.6) is 0 Å². The molecule has 1 rings (SSSR count). The topological polar surface area (TPSA) is 43.4 Å². The number of esters is 1. The third-order valence-electron chi connectivity index (χ3n) is 2.47. The molecule has 3 nitrogen and oxygen atoms in total. The summed E-state index contributed by atoms with van der Waals surface area (Å²) in [5.74, 6) is -1.45. The van der Waals surface area contributed by atoms with Crippen molar-refractivity contribution in [3.63, 3.8) is 0 Å². The molecule has 0 aliphatic heterocycles. The molecule has 0 heterocycles. The van der Waals surface area contributed by atoms with Crippen LogP contribution in [0.1, 0.15) is 28.4 Å². The summed E-state index contributed by atoms with van der Waals surface area (Å²) in [5, 5.41) is -0.0477. The predicted molar refractivity (Wildman–Crippen MR) is 69.9 cm³/mol. The molecule has 0 aromatic heterocycles. The number of halogens is 4. The van der Waals surface area contributed by atoms with Gasteiger partial charge in [0.1, 0.15) is 5.78 Å². The molecular weight excluding hydrogens is 341 g/mol. The van der Waals surface area contributed by atoms with Crippen molar-refractivity contribution in [2.24, 2.45) is 0 Å². The van der Waals surface area contributed by atoms with E-state index in [9.17, 15) is 22.8 Å². The fraction of sp³-hybridized carbons (Fsp3) is 0.385. The molecule has 7 heteroatoms. The zero-order valence-corrected chi connectivity index (χ0v) is 12.2. The Morgan fingerprint density at radius 3 is 2.45 bits per heavy atom. The van der Waals surface area contributed by atoms with E-state index in [-0.39, 0.29) is 17.5 Å². The largest absolute Gasteiger partial charge is 0.462 e. The summed E-state index contributed by atoms with van der Waals surface area (Å²) in [7, 11) is 0. The van der Waals surface area contributed by atoms with E-state index in [2.05, 4.69) is 20.7 Å². The van der Waals surface area contributed by atoms with Gasteiger partial charge in [0.05, 0.1) is 23.1 Å². The first-order chi connectivity index (χ1) is 9.31. The van der Waals surface area contributed by atoms with E-state index >= 15 is 0 Å². The SMILES string of the molecule is CCOC(=O)c1cccc(CC(=O)CBr)c1C(F)(F)F. The van der Waals surface area contributed by atoms with Crippen molar-refractivity contribution in [2.75, 3.05) is 11.9 Å². The van der Waals surface area contributed by atoms with Gasteiger partial charge in [0.15, 0.2) is 0 Å². The first-order valence-corrected chi connectivity index (χ1v) is 6.87. The van der Waals surface area contributed by atoms with Gasteiger partial charge in [0.2, 0.25) is 0 Å². The van der Waals surface area contributed by atoms with Crippen LogP contribution in [0, 0.1) is 0 Å². The van der Waals surface area contributed by atoms with Gasteiger partial charge in [0.25, 0.3) is 0 Å². The van der Waals surface area contributed by atoms with E-state index in [1.807, 2.05) is 0 Å². The molecular formula is C13H12BrF3O3. The van der Waals surface area contributed by atoms with Gasteiger partial charge in [-0.1, -0.05) is 28.1 Å². The highest BCUT2D eigenvalue weighted by molar-refractivity contribution is 9.09. The maximum Gasteiger partial charge on any atom is 0.417 e. The van der Waals surface area contributed by atoms with E-state index < -0.39 is 35.5 Å². The van der Waals surface area contributed by atoms with Crippen molar-refractivity contribution >= 4 is 27.7 Å². The second kappa shape index (κ2) is 6.88. The number of carbonyl (C=O) groups excluding carboxylic acids is 2. The molecule has 1 aromatic rings. The number of ketones is 1. The Hall–Kier alpha value is -1.37. The molecule has 0 bridgehead atoms. The lowest BCUT2D eigenvalue weighted by Crippen LogP contribution is -2.19. The van der Waals surface area contributed by atoms with Crippen LogP contribution in [-0.2, 0) is 22.1 Å². The number of rotatable bonds is 5. The van der Waals surface area contributed by atoms with Crippen LogP contribution in [-0.4, -0.2) is 23.7 Å². The molecule has 0 unspecified atom stereocenters. The van der Waals surface area contributed by atoms with E-state index in [0.717, 1.165) is 6.07 Å². The minimum Gasteiger partial charge on any atom is -0.462 e. The monoisotopic (exact) mass is 352 g/mol. The number of carbonyl (C=O) groups is 2.